The van der Waals surface area contributed by atoms with Gasteiger partial charge in [-0.25, -0.2) is 0 Å². The summed E-state index contributed by atoms with van der Waals surface area (Å²) < 4.78 is 5.11. The van der Waals surface area contributed by atoms with E-state index in [0.29, 0.717) is 44.0 Å². The summed E-state index contributed by atoms with van der Waals surface area (Å²) >= 11 is 0. The molecule has 148 valence electrons. The molecular formula is C20H24N4O4. The molecule has 0 atom stereocenters. The van der Waals surface area contributed by atoms with Gasteiger partial charge in [0.05, 0.1) is 12.8 Å². The molecule has 3 rings (SSSR count). The lowest BCUT2D eigenvalue weighted by Crippen LogP contribution is -2.50. The van der Waals surface area contributed by atoms with Crippen molar-refractivity contribution in [2.45, 2.75) is 6.92 Å². The third kappa shape index (κ3) is 4.58. The number of piperazine rings is 1. The van der Waals surface area contributed by atoms with Crippen molar-refractivity contribution in [3.05, 3.63) is 53.5 Å². The second kappa shape index (κ2) is 8.71. The van der Waals surface area contributed by atoms with Crippen molar-refractivity contribution in [2.24, 2.45) is 0 Å². The monoisotopic (exact) mass is 384 g/mol. The van der Waals surface area contributed by atoms with Gasteiger partial charge >= 0.3 is 0 Å². The Morgan fingerprint density at radius 2 is 1.86 bits per heavy atom. The predicted octanol–water partition coefficient (Wildman–Crippen LogP) is 1.34. The van der Waals surface area contributed by atoms with Gasteiger partial charge in [-0.15, -0.1) is 0 Å². The SMILES string of the molecule is CNC(=O)CN1CCN(C(=O)c2ccc(C)c(NC(=O)c3ccco3)c2)CC1. The van der Waals surface area contributed by atoms with Gasteiger partial charge in [0.25, 0.3) is 11.8 Å². The number of hydrogen-bond donors (Lipinski definition) is 2. The lowest BCUT2D eigenvalue weighted by Gasteiger charge is -2.34. The minimum absolute atomic E-state index is 0.0322. The van der Waals surface area contributed by atoms with Crippen molar-refractivity contribution in [2.75, 3.05) is 45.1 Å². The van der Waals surface area contributed by atoms with E-state index in [9.17, 15) is 14.4 Å². The molecule has 0 radical (unpaired) electrons. The molecule has 8 heteroatoms. The molecular weight excluding hydrogens is 360 g/mol. The lowest BCUT2D eigenvalue weighted by atomic mass is 10.1. The van der Waals surface area contributed by atoms with E-state index in [1.807, 2.05) is 17.9 Å². The third-order valence-corrected chi connectivity index (χ3v) is 4.78. The zero-order valence-electron chi connectivity index (χ0n) is 16.0. The Morgan fingerprint density at radius 1 is 1.11 bits per heavy atom. The zero-order valence-corrected chi connectivity index (χ0v) is 16.0. The zero-order chi connectivity index (χ0) is 20.1. The first-order valence-electron chi connectivity index (χ1n) is 9.15. The van der Waals surface area contributed by atoms with E-state index in [1.54, 1.807) is 36.2 Å². The topological polar surface area (TPSA) is 94.9 Å². The van der Waals surface area contributed by atoms with Crippen molar-refractivity contribution >= 4 is 23.4 Å². The van der Waals surface area contributed by atoms with Crippen molar-refractivity contribution in [3.8, 4) is 0 Å². The second-order valence-corrected chi connectivity index (χ2v) is 6.70. The van der Waals surface area contributed by atoms with Crippen molar-refractivity contribution in [1.29, 1.82) is 0 Å². The average Bonchev–Trinajstić information content (AvgIpc) is 3.24. The fourth-order valence-electron chi connectivity index (χ4n) is 3.06. The van der Waals surface area contributed by atoms with E-state index in [0.717, 1.165) is 5.56 Å². The first-order chi connectivity index (χ1) is 13.5. The van der Waals surface area contributed by atoms with Crippen LogP contribution in [0.15, 0.2) is 41.0 Å². The van der Waals surface area contributed by atoms with Gasteiger partial charge in [0.2, 0.25) is 5.91 Å². The Kier molecular flexibility index (Phi) is 6.10. The molecule has 2 N–H and O–H groups in total. The highest BCUT2D eigenvalue weighted by molar-refractivity contribution is 6.04. The number of benzene rings is 1. The van der Waals surface area contributed by atoms with E-state index in [1.165, 1.54) is 6.26 Å². The molecule has 2 aromatic rings. The quantitative estimate of drug-likeness (QED) is 0.811. The average molecular weight is 384 g/mol. The van der Waals surface area contributed by atoms with Crippen LogP contribution in [0, 0.1) is 6.92 Å². The summed E-state index contributed by atoms with van der Waals surface area (Å²) in [5.41, 5.74) is 1.94. The highest BCUT2D eigenvalue weighted by Crippen LogP contribution is 2.20. The van der Waals surface area contributed by atoms with Gasteiger partial charge in [-0.2, -0.15) is 0 Å². The van der Waals surface area contributed by atoms with Gasteiger partial charge in [0.15, 0.2) is 5.76 Å². The highest BCUT2D eigenvalue weighted by atomic mass is 16.3. The summed E-state index contributed by atoms with van der Waals surface area (Å²) in [7, 11) is 1.61. The Hall–Kier alpha value is -3.13. The van der Waals surface area contributed by atoms with Crippen LogP contribution in [0.4, 0.5) is 5.69 Å². The van der Waals surface area contributed by atoms with Crippen molar-refractivity contribution in [3.63, 3.8) is 0 Å². The maximum absolute atomic E-state index is 12.9. The first kappa shape index (κ1) is 19.6. The van der Waals surface area contributed by atoms with Crippen LogP contribution in [-0.2, 0) is 4.79 Å². The highest BCUT2D eigenvalue weighted by Gasteiger charge is 2.23. The molecule has 0 aliphatic carbocycles. The minimum atomic E-state index is -0.361. The van der Waals surface area contributed by atoms with Crippen molar-refractivity contribution < 1.29 is 18.8 Å². The van der Waals surface area contributed by atoms with Crippen LogP contribution in [0.2, 0.25) is 0 Å². The number of aryl methyl sites for hydroxylation is 1. The largest absolute Gasteiger partial charge is 0.459 e. The molecule has 3 amide bonds. The summed E-state index contributed by atoms with van der Waals surface area (Å²) in [6.45, 7) is 4.60. The van der Waals surface area contributed by atoms with E-state index >= 15 is 0 Å². The Bertz CT molecular complexity index is 855. The molecule has 1 aromatic carbocycles. The number of furan rings is 1. The van der Waals surface area contributed by atoms with E-state index in [-0.39, 0.29) is 23.5 Å². The smallest absolute Gasteiger partial charge is 0.291 e. The third-order valence-electron chi connectivity index (χ3n) is 4.78. The molecule has 1 aliphatic rings. The van der Waals surface area contributed by atoms with Crippen LogP contribution >= 0.6 is 0 Å². The van der Waals surface area contributed by atoms with Crippen LogP contribution < -0.4 is 10.6 Å². The van der Waals surface area contributed by atoms with E-state index < -0.39 is 0 Å². The molecule has 2 heterocycles. The standard InChI is InChI=1S/C20H24N4O4/c1-14-5-6-15(12-16(14)22-19(26)17-4-3-11-28-17)20(27)24-9-7-23(8-10-24)13-18(25)21-2/h3-6,11-12H,7-10,13H2,1-2H3,(H,21,25)(H,22,26). The molecule has 1 fully saturated rings. The fraction of sp³-hybridized carbons (Fsp3) is 0.350. The Morgan fingerprint density at radius 3 is 2.50 bits per heavy atom. The van der Waals surface area contributed by atoms with Crippen LogP contribution in [0.1, 0.15) is 26.5 Å². The van der Waals surface area contributed by atoms with Gasteiger partial charge in [0.1, 0.15) is 0 Å². The predicted molar refractivity (Wildman–Crippen MR) is 104 cm³/mol. The summed E-state index contributed by atoms with van der Waals surface area (Å²) in [4.78, 5) is 40.4. The number of anilines is 1. The number of likely N-dealkylation sites (N-methyl/N-ethyl adjacent to an activating group) is 1. The summed E-state index contributed by atoms with van der Waals surface area (Å²) in [6, 6.07) is 8.49. The lowest BCUT2D eigenvalue weighted by molar-refractivity contribution is -0.122. The molecule has 28 heavy (non-hydrogen) atoms. The van der Waals surface area contributed by atoms with Gasteiger partial charge < -0.3 is 20.0 Å². The van der Waals surface area contributed by atoms with E-state index in [4.69, 9.17) is 4.42 Å². The second-order valence-electron chi connectivity index (χ2n) is 6.70. The number of carbonyl (C=O) groups excluding carboxylic acids is 3. The van der Waals surface area contributed by atoms with Gasteiger partial charge in [-0.05, 0) is 36.8 Å². The molecule has 1 saturated heterocycles. The Balaban J connectivity index is 1.64. The Labute approximate surface area is 163 Å². The van der Waals surface area contributed by atoms with Crippen molar-refractivity contribution in [1.82, 2.24) is 15.1 Å². The molecule has 1 aliphatic heterocycles. The summed E-state index contributed by atoms with van der Waals surface area (Å²) in [5, 5.41) is 5.40. The summed E-state index contributed by atoms with van der Waals surface area (Å²) in [5.74, 6) is -0.271. The van der Waals surface area contributed by atoms with Crippen LogP contribution in [0.25, 0.3) is 0 Å². The van der Waals surface area contributed by atoms with Gasteiger partial charge in [0, 0.05) is 44.5 Å². The van der Waals surface area contributed by atoms with Gasteiger partial charge in [-0.3, -0.25) is 19.3 Å². The number of rotatable bonds is 5. The molecule has 0 unspecified atom stereocenters. The maximum Gasteiger partial charge on any atom is 0.291 e. The number of amides is 3. The first-order valence-corrected chi connectivity index (χ1v) is 9.15. The number of hydrogen-bond acceptors (Lipinski definition) is 5. The van der Waals surface area contributed by atoms with Crippen LogP contribution in [0.5, 0.6) is 0 Å². The summed E-state index contributed by atoms with van der Waals surface area (Å²) in [6.07, 6.45) is 1.44. The molecule has 0 saturated carbocycles. The normalized spacial score (nSPS) is 14.6. The molecule has 0 spiro atoms. The fourth-order valence-corrected chi connectivity index (χ4v) is 3.06. The van der Waals surface area contributed by atoms with Crippen LogP contribution in [-0.4, -0.2) is 67.3 Å². The minimum Gasteiger partial charge on any atom is -0.459 e. The molecule has 8 nitrogen and oxygen atoms in total. The van der Waals surface area contributed by atoms with Gasteiger partial charge in [-0.1, -0.05) is 6.07 Å². The number of nitrogens with zero attached hydrogens (tertiary/aromatic N) is 2. The van der Waals surface area contributed by atoms with Crippen LogP contribution in [0.3, 0.4) is 0 Å². The maximum atomic E-state index is 12.9. The number of nitrogens with one attached hydrogen (secondary N) is 2. The molecule has 0 bridgehead atoms. The molecule has 1 aromatic heterocycles. The van der Waals surface area contributed by atoms with E-state index in [2.05, 4.69) is 10.6 Å². The number of carbonyl (C=O) groups is 3.